The van der Waals surface area contributed by atoms with E-state index in [1.54, 1.807) is 50.2 Å². The SMILES string of the molecule is Cc1cc(=O)oc2cc(NC(=O)c3ccn(C(C)C(=O)Nc4ccc5c(C)cc(=O)oc5c4)n3)ccc12. The summed E-state index contributed by atoms with van der Waals surface area (Å²) in [7, 11) is 0. The molecule has 10 nitrogen and oxygen atoms in total. The number of amides is 2. The maximum atomic E-state index is 12.8. The number of nitrogens with one attached hydrogen (secondary N) is 2. The molecule has 186 valence electrons. The second kappa shape index (κ2) is 9.23. The molecule has 0 aliphatic carbocycles. The van der Waals surface area contributed by atoms with Gasteiger partial charge in [0.25, 0.3) is 5.91 Å². The number of benzene rings is 2. The van der Waals surface area contributed by atoms with Crippen LogP contribution < -0.4 is 21.9 Å². The van der Waals surface area contributed by atoms with Crippen molar-refractivity contribution in [3.05, 3.63) is 98.5 Å². The second-order valence-corrected chi connectivity index (χ2v) is 8.72. The largest absolute Gasteiger partial charge is 0.423 e. The van der Waals surface area contributed by atoms with Gasteiger partial charge in [0.2, 0.25) is 5.91 Å². The summed E-state index contributed by atoms with van der Waals surface area (Å²) in [6.45, 7) is 5.26. The molecule has 5 rings (SSSR count). The molecule has 2 aromatic carbocycles. The van der Waals surface area contributed by atoms with Crippen molar-refractivity contribution in [1.82, 2.24) is 9.78 Å². The molecule has 0 spiro atoms. The Labute approximate surface area is 209 Å². The molecule has 1 unspecified atom stereocenters. The van der Waals surface area contributed by atoms with Crippen LogP contribution in [0, 0.1) is 13.8 Å². The molecule has 2 amide bonds. The van der Waals surface area contributed by atoms with E-state index in [-0.39, 0.29) is 11.6 Å². The Hall–Kier alpha value is -4.99. The lowest BCUT2D eigenvalue weighted by Gasteiger charge is -2.13. The van der Waals surface area contributed by atoms with Crippen molar-refractivity contribution in [2.45, 2.75) is 26.8 Å². The van der Waals surface area contributed by atoms with Gasteiger partial charge in [-0.2, -0.15) is 5.10 Å². The standard InChI is InChI=1S/C27H22N4O6/c1-14-10-24(32)36-22-12-17(4-6-19(14)22)28-26(34)16(3)31-9-8-21(30-31)27(35)29-18-5-7-20-15(2)11-25(33)37-23(20)13-18/h4-13,16H,1-3H3,(H,28,34)(H,29,35). The predicted molar refractivity (Wildman–Crippen MR) is 138 cm³/mol. The molecule has 1 atom stereocenters. The topological polar surface area (TPSA) is 136 Å². The van der Waals surface area contributed by atoms with Crippen molar-refractivity contribution >= 4 is 45.1 Å². The third-order valence-corrected chi connectivity index (χ3v) is 6.05. The normalized spacial score (nSPS) is 12.0. The van der Waals surface area contributed by atoms with Crippen LogP contribution in [0.1, 0.15) is 34.6 Å². The van der Waals surface area contributed by atoms with Gasteiger partial charge in [0.1, 0.15) is 17.2 Å². The zero-order valence-electron chi connectivity index (χ0n) is 20.2. The first-order chi connectivity index (χ1) is 17.7. The Bertz CT molecular complexity index is 1810. The zero-order chi connectivity index (χ0) is 26.3. The highest BCUT2D eigenvalue weighted by Crippen LogP contribution is 2.23. The number of aromatic nitrogens is 2. The van der Waals surface area contributed by atoms with E-state index in [0.717, 1.165) is 21.9 Å². The lowest BCUT2D eigenvalue weighted by Crippen LogP contribution is -2.24. The van der Waals surface area contributed by atoms with Gasteiger partial charge in [0.15, 0.2) is 5.69 Å². The Morgan fingerprint density at radius 3 is 1.92 bits per heavy atom. The van der Waals surface area contributed by atoms with Crippen molar-refractivity contribution in [2.75, 3.05) is 10.6 Å². The van der Waals surface area contributed by atoms with E-state index in [4.69, 9.17) is 8.83 Å². The van der Waals surface area contributed by atoms with Gasteiger partial charge < -0.3 is 19.5 Å². The van der Waals surface area contributed by atoms with Gasteiger partial charge in [-0.3, -0.25) is 14.3 Å². The lowest BCUT2D eigenvalue weighted by molar-refractivity contribution is -0.119. The number of carbonyl (C=O) groups excluding carboxylic acids is 2. The van der Waals surface area contributed by atoms with Gasteiger partial charge in [-0.25, -0.2) is 9.59 Å². The Kier molecular flexibility index (Phi) is 5.92. The van der Waals surface area contributed by atoms with Crippen LogP contribution in [0.5, 0.6) is 0 Å². The molecule has 3 heterocycles. The summed E-state index contributed by atoms with van der Waals surface area (Å²) < 4.78 is 11.8. The molecule has 5 aromatic rings. The fraction of sp³-hybridized carbons (Fsp3) is 0.148. The average Bonchev–Trinajstić information content (AvgIpc) is 3.33. The maximum absolute atomic E-state index is 12.8. The van der Waals surface area contributed by atoms with Crippen LogP contribution in [0.15, 0.2) is 79.2 Å². The van der Waals surface area contributed by atoms with E-state index in [9.17, 15) is 19.2 Å². The fourth-order valence-corrected chi connectivity index (χ4v) is 4.04. The third kappa shape index (κ3) is 4.76. The molecule has 2 N–H and O–H groups in total. The minimum atomic E-state index is -0.736. The van der Waals surface area contributed by atoms with E-state index >= 15 is 0 Å². The molecular formula is C27H22N4O6. The number of anilines is 2. The molecule has 0 saturated heterocycles. The van der Waals surface area contributed by atoms with Crippen molar-refractivity contribution < 1.29 is 18.4 Å². The highest BCUT2D eigenvalue weighted by molar-refractivity contribution is 6.03. The number of hydrogen-bond donors (Lipinski definition) is 2. The minimum absolute atomic E-state index is 0.105. The summed E-state index contributed by atoms with van der Waals surface area (Å²) in [5, 5.41) is 11.3. The summed E-state index contributed by atoms with van der Waals surface area (Å²) in [5.41, 5.74) is 2.36. The lowest BCUT2D eigenvalue weighted by atomic mass is 10.1. The zero-order valence-corrected chi connectivity index (χ0v) is 20.2. The van der Waals surface area contributed by atoms with Crippen LogP contribution in [0.25, 0.3) is 21.9 Å². The van der Waals surface area contributed by atoms with Gasteiger partial charge in [-0.1, -0.05) is 0 Å². The summed E-state index contributed by atoms with van der Waals surface area (Å²) in [6, 6.07) is 13.7. The van der Waals surface area contributed by atoms with E-state index < -0.39 is 23.2 Å². The third-order valence-electron chi connectivity index (χ3n) is 6.05. The van der Waals surface area contributed by atoms with Crippen LogP contribution in [0.2, 0.25) is 0 Å². The first-order valence-electron chi connectivity index (χ1n) is 11.4. The van der Waals surface area contributed by atoms with Crippen LogP contribution in [0.3, 0.4) is 0 Å². The quantitative estimate of drug-likeness (QED) is 0.347. The van der Waals surface area contributed by atoms with Crippen LogP contribution in [-0.4, -0.2) is 21.6 Å². The number of carbonyl (C=O) groups is 2. The smallest absolute Gasteiger partial charge is 0.336 e. The van der Waals surface area contributed by atoms with E-state index in [1.165, 1.54) is 29.1 Å². The second-order valence-electron chi connectivity index (χ2n) is 8.72. The fourth-order valence-electron chi connectivity index (χ4n) is 4.04. The monoisotopic (exact) mass is 498 g/mol. The van der Waals surface area contributed by atoms with Gasteiger partial charge in [0.05, 0.1) is 0 Å². The Morgan fingerprint density at radius 1 is 0.811 bits per heavy atom. The number of nitrogens with zero attached hydrogens (tertiary/aromatic N) is 2. The molecule has 0 fully saturated rings. The molecule has 0 radical (unpaired) electrons. The minimum Gasteiger partial charge on any atom is -0.423 e. The molecule has 0 saturated carbocycles. The Balaban J connectivity index is 1.29. The molecule has 0 aliphatic rings. The van der Waals surface area contributed by atoms with Crippen molar-refractivity contribution in [3.8, 4) is 0 Å². The van der Waals surface area contributed by atoms with Crippen LogP contribution in [0.4, 0.5) is 11.4 Å². The van der Waals surface area contributed by atoms with E-state index in [0.29, 0.717) is 22.5 Å². The maximum Gasteiger partial charge on any atom is 0.336 e. The van der Waals surface area contributed by atoms with Gasteiger partial charge in [-0.15, -0.1) is 0 Å². The van der Waals surface area contributed by atoms with E-state index in [1.807, 2.05) is 6.92 Å². The van der Waals surface area contributed by atoms with Gasteiger partial charge in [-0.05, 0) is 62.2 Å². The highest BCUT2D eigenvalue weighted by Gasteiger charge is 2.19. The van der Waals surface area contributed by atoms with Gasteiger partial charge >= 0.3 is 11.3 Å². The first-order valence-corrected chi connectivity index (χ1v) is 11.4. The van der Waals surface area contributed by atoms with Crippen molar-refractivity contribution in [3.63, 3.8) is 0 Å². The molecule has 37 heavy (non-hydrogen) atoms. The number of hydrogen-bond acceptors (Lipinski definition) is 7. The van der Waals surface area contributed by atoms with Crippen molar-refractivity contribution in [2.24, 2.45) is 0 Å². The average molecular weight is 498 g/mol. The Morgan fingerprint density at radius 2 is 1.35 bits per heavy atom. The number of rotatable bonds is 5. The molecule has 0 aliphatic heterocycles. The van der Waals surface area contributed by atoms with Gasteiger partial charge in [0, 0.05) is 52.6 Å². The molecular weight excluding hydrogens is 476 g/mol. The number of aryl methyl sites for hydroxylation is 2. The predicted octanol–water partition coefficient (Wildman–Crippen LogP) is 4.16. The molecule has 10 heteroatoms. The molecule has 0 bridgehead atoms. The summed E-state index contributed by atoms with van der Waals surface area (Å²) in [4.78, 5) is 48.9. The summed E-state index contributed by atoms with van der Waals surface area (Å²) >= 11 is 0. The number of fused-ring (bicyclic) bond motifs is 2. The van der Waals surface area contributed by atoms with Crippen LogP contribution in [-0.2, 0) is 4.79 Å². The van der Waals surface area contributed by atoms with Crippen LogP contribution >= 0.6 is 0 Å². The van der Waals surface area contributed by atoms with Crippen molar-refractivity contribution in [1.29, 1.82) is 0 Å². The summed E-state index contributed by atoms with van der Waals surface area (Å²) in [5.74, 6) is -0.857. The summed E-state index contributed by atoms with van der Waals surface area (Å²) in [6.07, 6.45) is 1.53. The molecule has 3 aromatic heterocycles. The highest BCUT2D eigenvalue weighted by atomic mass is 16.4. The van der Waals surface area contributed by atoms with E-state index in [2.05, 4.69) is 15.7 Å². The first kappa shape index (κ1) is 23.7.